The molecule has 1 fully saturated rings. The summed E-state index contributed by atoms with van der Waals surface area (Å²) in [6, 6.07) is 3.26. The lowest BCUT2D eigenvalue weighted by molar-refractivity contribution is 0.0577. The highest BCUT2D eigenvalue weighted by atomic mass is 19.1. The second kappa shape index (κ2) is 8.63. The summed E-state index contributed by atoms with van der Waals surface area (Å²) in [7, 11) is 1.41. The average Bonchev–Trinajstić information content (AvgIpc) is 3.46. The number of aliphatic hydroxyl groups is 1. The fourth-order valence-electron chi connectivity index (χ4n) is 4.94. The summed E-state index contributed by atoms with van der Waals surface area (Å²) in [5, 5.41) is 19.8. The molecule has 3 N–H and O–H groups in total. The number of anilines is 2. The van der Waals surface area contributed by atoms with E-state index in [1.165, 1.54) is 23.8 Å². The predicted molar refractivity (Wildman–Crippen MR) is 131 cm³/mol. The number of piperidine rings is 1. The maximum atomic E-state index is 14.5. The third-order valence-corrected chi connectivity index (χ3v) is 6.63. The van der Waals surface area contributed by atoms with Crippen LogP contribution in [0.25, 0.3) is 16.6 Å². The number of aromatic nitrogens is 6. The van der Waals surface area contributed by atoms with Crippen molar-refractivity contribution in [3.05, 3.63) is 36.2 Å². The normalized spacial score (nSPS) is 19.1. The minimum absolute atomic E-state index is 0.0629. The molecule has 11 heteroatoms. The van der Waals surface area contributed by atoms with E-state index in [4.69, 9.17) is 15.5 Å². The number of benzene rings is 1. The molecule has 0 saturated carbocycles. The van der Waals surface area contributed by atoms with E-state index in [0.29, 0.717) is 35.0 Å². The number of nitrogen functional groups attached to an aromatic ring is 1. The molecule has 186 valence electrons. The highest BCUT2D eigenvalue weighted by Crippen LogP contribution is 2.35. The Morgan fingerprint density at radius 1 is 1.26 bits per heavy atom. The lowest BCUT2D eigenvalue weighted by Crippen LogP contribution is -2.42. The lowest BCUT2D eigenvalue weighted by atomic mass is 9.90. The van der Waals surface area contributed by atoms with E-state index in [1.54, 1.807) is 18.5 Å². The maximum Gasteiger partial charge on any atom is 0.223 e. The van der Waals surface area contributed by atoms with Crippen molar-refractivity contribution >= 4 is 28.2 Å². The molecule has 1 aliphatic heterocycles. The number of fused-ring (bicyclic) bond motifs is 3. The van der Waals surface area contributed by atoms with Gasteiger partial charge >= 0.3 is 0 Å². The Balaban J connectivity index is 1.49. The molecule has 3 aromatic heterocycles. The van der Waals surface area contributed by atoms with Gasteiger partial charge in [0, 0.05) is 36.2 Å². The first-order valence-corrected chi connectivity index (χ1v) is 11.9. The van der Waals surface area contributed by atoms with Crippen LogP contribution in [-0.2, 0) is 6.54 Å². The minimum atomic E-state index is -0.849. The van der Waals surface area contributed by atoms with E-state index in [-0.39, 0.29) is 17.6 Å². The largest absolute Gasteiger partial charge is 0.494 e. The van der Waals surface area contributed by atoms with Crippen molar-refractivity contribution in [2.24, 2.45) is 0 Å². The van der Waals surface area contributed by atoms with Crippen molar-refractivity contribution < 1.29 is 14.2 Å². The van der Waals surface area contributed by atoms with Crippen molar-refractivity contribution in [1.82, 2.24) is 29.4 Å². The molecule has 0 amide bonds. The standard InChI is InChI=1S/C24H31FN8O2/c1-5-15-7-6-14(11-32(15)16-10-27-31(12-16)13-24(2,3)34)21-29-22-17-8-18(25)20(35-4)9-19(17)28-23(26)33(22)30-21/h8-10,12,14-15,34H,5-7,11,13H2,1-4H3,(H2,26,28). The monoisotopic (exact) mass is 482 g/mol. The van der Waals surface area contributed by atoms with Gasteiger partial charge in [0.05, 0.1) is 36.7 Å². The number of hydrogen-bond acceptors (Lipinski definition) is 8. The fraction of sp³-hybridized carbons (Fsp3) is 0.500. The molecule has 0 spiro atoms. The van der Waals surface area contributed by atoms with E-state index >= 15 is 0 Å². The summed E-state index contributed by atoms with van der Waals surface area (Å²) in [4.78, 5) is 11.5. The molecule has 1 aliphatic rings. The molecule has 10 nitrogen and oxygen atoms in total. The Bertz CT molecular complexity index is 1380. The van der Waals surface area contributed by atoms with Crippen LogP contribution in [0.1, 0.15) is 51.8 Å². The van der Waals surface area contributed by atoms with Crippen LogP contribution >= 0.6 is 0 Å². The Labute approximate surface area is 202 Å². The van der Waals surface area contributed by atoms with Crippen LogP contribution in [0.3, 0.4) is 0 Å². The Kier molecular flexibility index (Phi) is 5.74. The molecular weight excluding hydrogens is 451 g/mol. The summed E-state index contributed by atoms with van der Waals surface area (Å²) in [5.74, 6) is 0.522. The van der Waals surface area contributed by atoms with Gasteiger partial charge in [-0.3, -0.25) is 4.68 Å². The molecule has 4 heterocycles. The van der Waals surface area contributed by atoms with E-state index in [0.717, 1.165) is 31.5 Å². The molecule has 5 rings (SSSR count). The Morgan fingerprint density at radius 3 is 2.77 bits per heavy atom. The van der Waals surface area contributed by atoms with Crippen LogP contribution < -0.4 is 15.4 Å². The fourth-order valence-corrected chi connectivity index (χ4v) is 4.94. The van der Waals surface area contributed by atoms with Gasteiger partial charge in [0.15, 0.2) is 23.0 Å². The summed E-state index contributed by atoms with van der Waals surface area (Å²) in [5.41, 5.74) is 7.32. The molecule has 35 heavy (non-hydrogen) atoms. The van der Waals surface area contributed by atoms with Gasteiger partial charge in [-0.2, -0.15) is 9.61 Å². The van der Waals surface area contributed by atoms with Crippen molar-refractivity contribution in [2.75, 3.05) is 24.3 Å². The number of rotatable bonds is 6. The van der Waals surface area contributed by atoms with Gasteiger partial charge in [-0.05, 0) is 39.2 Å². The lowest BCUT2D eigenvalue weighted by Gasteiger charge is -2.39. The van der Waals surface area contributed by atoms with Crippen LogP contribution in [0, 0.1) is 5.82 Å². The van der Waals surface area contributed by atoms with E-state index in [9.17, 15) is 9.50 Å². The molecule has 4 aromatic rings. The SMILES string of the molecule is CCC1CCC(c2nc3c4cc(F)c(OC)cc4nc(N)n3n2)CN1c1cnn(CC(C)(C)O)c1. The zero-order valence-corrected chi connectivity index (χ0v) is 20.4. The average molecular weight is 483 g/mol. The number of halogens is 1. The van der Waals surface area contributed by atoms with Gasteiger partial charge in [-0.1, -0.05) is 6.92 Å². The molecular formula is C24H31FN8O2. The van der Waals surface area contributed by atoms with Crippen LogP contribution in [0.4, 0.5) is 16.0 Å². The first kappa shape index (κ1) is 23.3. The molecule has 0 radical (unpaired) electrons. The summed E-state index contributed by atoms with van der Waals surface area (Å²) in [6.45, 7) is 6.85. The van der Waals surface area contributed by atoms with Gasteiger partial charge in [-0.25, -0.2) is 14.4 Å². The molecule has 1 aromatic carbocycles. The topological polar surface area (TPSA) is 120 Å². The molecule has 0 aliphatic carbocycles. The third-order valence-electron chi connectivity index (χ3n) is 6.63. The first-order chi connectivity index (χ1) is 16.7. The van der Waals surface area contributed by atoms with Crippen molar-refractivity contribution in [2.45, 2.75) is 64.1 Å². The second-order valence-electron chi connectivity index (χ2n) is 9.88. The Morgan fingerprint density at radius 2 is 2.06 bits per heavy atom. The van der Waals surface area contributed by atoms with Gasteiger partial charge in [0.2, 0.25) is 5.95 Å². The van der Waals surface area contributed by atoms with Gasteiger partial charge in [0.25, 0.3) is 0 Å². The summed E-state index contributed by atoms with van der Waals surface area (Å²) >= 11 is 0. The number of nitrogens with two attached hydrogens (primary N) is 1. The van der Waals surface area contributed by atoms with E-state index < -0.39 is 11.4 Å². The van der Waals surface area contributed by atoms with Gasteiger partial charge < -0.3 is 20.5 Å². The van der Waals surface area contributed by atoms with Crippen LogP contribution in [0.5, 0.6) is 5.75 Å². The molecule has 2 atom stereocenters. The number of nitrogens with zero attached hydrogens (tertiary/aromatic N) is 7. The molecule has 2 unspecified atom stereocenters. The van der Waals surface area contributed by atoms with Crippen LogP contribution in [0.2, 0.25) is 0 Å². The summed E-state index contributed by atoms with van der Waals surface area (Å²) in [6.07, 6.45) is 6.74. The van der Waals surface area contributed by atoms with E-state index in [2.05, 4.69) is 27.0 Å². The first-order valence-electron chi connectivity index (χ1n) is 11.9. The van der Waals surface area contributed by atoms with Crippen molar-refractivity contribution in [3.63, 3.8) is 0 Å². The van der Waals surface area contributed by atoms with E-state index in [1.807, 2.05) is 12.4 Å². The molecule has 0 bridgehead atoms. The van der Waals surface area contributed by atoms with Crippen LogP contribution in [0.15, 0.2) is 24.5 Å². The highest BCUT2D eigenvalue weighted by Gasteiger charge is 2.32. The number of ether oxygens (including phenoxy) is 1. The minimum Gasteiger partial charge on any atom is -0.494 e. The number of hydrogen-bond donors (Lipinski definition) is 2. The van der Waals surface area contributed by atoms with Crippen molar-refractivity contribution in [3.8, 4) is 5.75 Å². The Hall–Kier alpha value is -3.47. The quantitative estimate of drug-likeness (QED) is 0.430. The maximum absolute atomic E-state index is 14.5. The number of methoxy groups -OCH3 is 1. The summed E-state index contributed by atoms with van der Waals surface area (Å²) < 4.78 is 22.8. The van der Waals surface area contributed by atoms with Crippen LogP contribution in [-0.4, -0.2) is 59.8 Å². The third kappa shape index (κ3) is 4.36. The zero-order valence-electron chi connectivity index (χ0n) is 20.4. The predicted octanol–water partition coefficient (Wildman–Crippen LogP) is 3.14. The van der Waals surface area contributed by atoms with Gasteiger partial charge in [-0.15, -0.1) is 5.10 Å². The van der Waals surface area contributed by atoms with Crippen molar-refractivity contribution in [1.29, 1.82) is 0 Å². The van der Waals surface area contributed by atoms with Gasteiger partial charge in [0.1, 0.15) is 0 Å². The zero-order chi connectivity index (χ0) is 24.9. The molecule has 1 saturated heterocycles. The highest BCUT2D eigenvalue weighted by molar-refractivity contribution is 5.93. The second-order valence-corrected chi connectivity index (χ2v) is 9.88. The smallest absolute Gasteiger partial charge is 0.223 e.